The van der Waals surface area contributed by atoms with Gasteiger partial charge in [-0.15, -0.1) is 0 Å². The number of hydrogen-bond donors (Lipinski definition) is 2. The number of likely N-dealkylation sites (N-methyl/N-ethyl adjacent to an activating group) is 1. The van der Waals surface area contributed by atoms with Crippen LogP contribution in [0.3, 0.4) is 0 Å². The lowest BCUT2D eigenvalue weighted by Gasteiger charge is -2.38. The third-order valence-electron chi connectivity index (χ3n) is 6.09. The van der Waals surface area contributed by atoms with Gasteiger partial charge in [-0.1, -0.05) is 0 Å². The Morgan fingerprint density at radius 2 is 1.94 bits per heavy atom. The van der Waals surface area contributed by atoms with Gasteiger partial charge in [0, 0.05) is 20.2 Å². The zero-order chi connectivity index (χ0) is 24.6. The number of methoxy groups -OCH3 is 1. The fraction of sp³-hybridized carbons (Fsp3) is 0.571. The van der Waals surface area contributed by atoms with E-state index < -0.39 is 18.0 Å². The van der Waals surface area contributed by atoms with Gasteiger partial charge in [0.05, 0.1) is 30.8 Å². The van der Waals surface area contributed by atoms with Gasteiger partial charge in [0.25, 0.3) is 0 Å². The Morgan fingerprint density at radius 1 is 1.26 bits per heavy atom. The van der Waals surface area contributed by atoms with E-state index in [0.29, 0.717) is 29.8 Å². The van der Waals surface area contributed by atoms with Gasteiger partial charge in [0.2, 0.25) is 17.7 Å². The van der Waals surface area contributed by atoms with Gasteiger partial charge in [-0.3, -0.25) is 4.79 Å². The van der Waals surface area contributed by atoms with E-state index in [1.165, 1.54) is 0 Å². The molecule has 0 bridgehead atoms. The number of halogens is 3. The molecule has 184 valence electrons. The van der Waals surface area contributed by atoms with Crippen molar-refractivity contribution in [1.82, 2.24) is 19.9 Å². The van der Waals surface area contributed by atoms with Crippen molar-refractivity contribution in [2.24, 2.45) is 5.92 Å². The number of nitrogens with zero attached hydrogens (tertiary/aromatic N) is 5. The number of alkyl halides is 3. The molecule has 1 amide bonds. The van der Waals surface area contributed by atoms with E-state index in [-0.39, 0.29) is 29.7 Å². The number of amides is 1. The fourth-order valence-corrected chi connectivity index (χ4v) is 4.11. The first kappa shape index (κ1) is 23.9. The largest absolute Gasteiger partial charge is 0.490 e. The zero-order valence-electron chi connectivity index (χ0n) is 19.2. The van der Waals surface area contributed by atoms with Crippen LogP contribution in [-0.4, -0.2) is 64.8 Å². The number of hydrogen-bond acceptors (Lipinski definition) is 9. The van der Waals surface area contributed by atoms with Crippen LogP contribution < -0.4 is 20.3 Å². The van der Waals surface area contributed by atoms with Gasteiger partial charge in [0.1, 0.15) is 11.7 Å². The highest BCUT2D eigenvalue weighted by Gasteiger charge is 2.38. The Balaban J connectivity index is 1.32. The third-order valence-corrected chi connectivity index (χ3v) is 6.09. The zero-order valence-corrected chi connectivity index (χ0v) is 19.2. The lowest BCUT2D eigenvalue weighted by atomic mass is 9.81. The van der Waals surface area contributed by atoms with Crippen LogP contribution in [0.1, 0.15) is 31.3 Å². The van der Waals surface area contributed by atoms with E-state index in [4.69, 9.17) is 9.47 Å². The summed E-state index contributed by atoms with van der Waals surface area (Å²) >= 11 is 0. The second kappa shape index (κ2) is 9.20. The predicted molar refractivity (Wildman–Crippen MR) is 117 cm³/mol. The lowest BCUT2D eigenvalue weighted by Crippen LogP contribution is -2.53. The molecule has 2 aromatic rings. The number of ether oxygens (including phenoxy) is 2. The second-order valence-electron chi connectivity index (χ2n) is 8.55. The van der Waals surface area contributed by atoms with Crippen molar-refractivity contribution in [1.29, 1.82) is 0 Å². The summed E-state index contributed by atoms with van der Waals surface area (Å²) in [5.41, 5.74) is 1.23. The Morgan fingerprint density at radius 3 is 2.56 bits per heavy atom. The van der Waals surface area contributed by atoms with Crippen molar-refractivity contribution in [3.05, 3.63) is 23.9 Å². The molecule has 1 saturated carbocycles. The first-order chi connectivity index (χ1) is 16.1. The average Bonchev–Trinajstić information content (AvgIpc) is 2.75. The lowest BCUT2D eigenvalue weighted by molar-refractivity contribution is -0.145. The van der Waals surface area contributed by atoms with Crippen LogP contribution in [-0.2, 0) is 15.7 Å². The minimum Gasteiger partial charge on any atom is -0.490 e. The van der Waals surface area contributed by atoms with Gasteiger partial charge in [-0.2, -0.15) is 18.2 Å². The van der Waals surface area contributed by atoms with Gasteiger partial charge in [-0.25, -0.2) is 15.0 Å². The molecule has 13 heteroatoms. The Labute approximate surface area is 194 Å². The van der Waals surface area contributed by atoms with E-state index in [1.54, 1.807) is 19.1 Å². The average molecular weight is 481 g/mol. The Bertz CT molecular complexity index is 1050. The van der Waals surface area contributed by atoms with Crippen LogP contribution in [0.25, 0.3) is 0 Å². The van der Waals surface area contributed by atoms with Gasteiger partial charge in [0.15, 0.2) is 11.6 Å². The monoisotopic (exact) mass is 481 g/mol. The topological polar surface area (TPSA) is 114 Å². The van der Waals surface area contributed by atoms with E-state index in [9.17, 15) is 18.0 Å². The number of rotatable bonds is 7. The number of nitrogens with one attached hydrogen (secondary N) is 2. The van der Waals surface area contributed by atoms with E-state index in [0.717, 1.165) is 25.2 Å². The van der Waals surface area contributed by atoms with Crippen molar-refractivity contribution in [3.8, 4) is 5.75 Å². The highest BCUT2D eigenvalue weighted by Crippen LogP contribution is 2.35. The summed E-state index contributed by atoms with van der Waals surface area (Å²) in [5.74, 6) is 0.141. The van der Waals surface area contributed by atoms with Crippen LogP contribution in [0, 0.1) is 12.8 Å². The van der Waals surface area contributed by atoms with Crippen LogP contribution >= 0.6 is 0 Å². The molecule has 0 spiro atoms. The summed E-state index contributed by atoms with van der Waals surface area (Å²) in [5, 5.41) is 6.19. The van der Waals surface area contributed by atoms with Crippen molar-refractivity contribution in [3.63, 3.8) is 0 Å². The molecule has 1 fully saturated rings. The fourth-order valence-electron chi connectivity index (χ4n) is 4.11. The third kappa shape index (κ3) is 4.83. The minimum absolute atomic E-state index is 0.132. The molecule has 1 aliphatic heterocycles. The Hall–Kier alpha value is -3.22. The molecular formula is C21H26F3N7O3. The highest BCUT2D eigenvalue weighted by molar-refractivity contribution is 6.03. The molecule has 0 unspecified atom stereocenters. The summed E-state index contributed by atoms with van der Waals surface area (Å²) in [6.07, 6.45) is -1.27. The molecule has 34 heavy (non-hydrogen) atoms. The Kier molecular flexibility index (Phi) is 6.47. The smallest absolute Gasteiger partial charge is 0.451 e. The summed E-state index contributed by atoms with van der Waals surface area (Å²) in [6.45, 7) is 3.98. The first-order valence-electron chi connectivity index (χ1n) is 10.8. The summed E-state index contributed by atoms with van der Waals surface area (Å²) < 4.78 is 48.5. The molecule has 2 N–H and O–H groups in total. The van der Waals surface area contributed by atoms with Gasteiger partial charge in [-0.05, 0) is 32.6 Å². The number of aryl methyl sites for hydroxylation is 1. The SMILES string of the molecule is CO[C@H](C)[C@H]1C(=O)Nc2c(C)nc(N[C@H]3C[C@@H](COc4cnc(C(F)(F)F)nc4)C3)nc2N1C. The van der Waals surface area contributed by atoms with E-state index in [1.807, 2.05) is 13.8 Å². The minimum atomic E-state index is -4.58. The molecule has 2 atom stereocenters. The molecular weight excluding hydrogens is 455 g/mol. The summed E-state index contributed by atoms with van der Waals surface area (Å²) in [6, 6.07) is -0.383. The van der Waals surface area contributed by atoms with Gasteiger partial charge >= 0.3 is 6.18 Å². The maximum atomic E-state index is 12.5. The molecule has 1 aliphatic carbocycles. The maximum absolute atomic E-state index is 12.5. The predicted octanol–water partition coefficient (Wildman–Crippen LogP) is 2.66. The summed E-state index contributed by atoms with van der Waals surface area (Å²) in [7, 11) is 3.36. The molecule has 2 aromatic heterocycles. The molecule has 0 saturated heterocycles. The van der Waals surface area contributed by atoms with Gasteiger partial charge < -0.3 is 25.0 Å². The van der Waals surface area contributed by atoms with Crippen LogP contribution in [0.15, 0.2) is 12.4 Å². The van der Waals surface area contributed by atoms with Crippen LogP contribution in [0.4, 0.5) is 30.6 Å². The number of aromatic nitrogens is 4. The highest BCUT2D eigenvalue weighted by atomic mass is 19.4. The molecule has 0 radical (unpaired) electrons. The number of carbonyl (C=O) groups excluding carboxylic acids is 1. The standard InChI is InChI=1S/C21H26F3N7O3/c1-10-15-17(31(3)16(11(2)33-4)18(32)29-15)30-20(27-10)28-13-5-12(6-13)9-34-14-7-25-19(26-8-14)21(22,23)24/h7-8,11-13,16H,5-6,9H2,1-4H3,(H,29,32)(H,27,28,30)/t11-,12-,13+,16+/m1/s1. The van der Waals surface area contributed by atoms with Crippen molar-refractivity contribution >= 4 is 23.4 Å². The molecule has 0 aromatic carbocycles. The van der Waals surface area contributed by atoms with Crippen molar-refractivity contribution in [2.75, 3.05) is 36.3 Å². The molecule has 10 nitrogen and oxygen atoms in total. The van der Waals surface area contributed by atoms with Crippen LogP contribution in [0.2, 0.25) is 0 Å². The van der Waals surface area contributed by atoms with E-state index in [2.05, 4.69) is 30.6 Å². The first-order valence-corrected chi connectivity index (χ1v) is 10.8. The summed E-state index contributed by atoms with van der Waals surface area (Å²) in [4.78, 5) is 30.0. The number of fused-ring (bicyclic) bond motifs is 1. The van der Waals surface area contributed by atoms with Crippen molar-refractivity contribution < 1.29 is 27.4 Å². The normalized spacial score (nSPS) is 23.0. The maximum Gasteiger partial charge on any atom is 0.451 e. The molecule has 4 rings (SSSR count). The van der Waals surface area contributed by atoms with Crippen LogP contribution in [0.5, 0.6) is 5.75 Å². The molecule has 3 heterocycles. The molecule has 2 aliphatic rings. The van der Waals surface area contributed by atoms with E-state index >= 15 is 0 Å². The quantitative estimate of drug-likeness (QED) is 0.616. The second-order valence-corrected chi connectivity index (χ2v) is 8.55. The number of carbonyl (C=O) groups is 1. The number of anilines is 3. The van der Waals surface area contributed by atoms with Crippen molar-refractivity contribution in [2.45, 2.75) is 51.1 Å².